The van der Waals surface area contributed by atoms with E-state index < -0.39 is 26.6 Å². The quantitative estimate of drug-likeness (QED) is 0.0671. The summed E-state index contributed by atoms with van der Waals surface area (Å²) in [6.07, 6.45) is 22.4. The average Bonchev–Trinajstić information content (AvgIpc) is 2.78. The van der Waals surface area contributed by atoms with E-state index >= 15 is 0 Å². The highest BCUT2D eigenvalue weighted by Crippen LogP contribution is 2.35. The molecule has 0 rings (SSSR count). The molecule has 0 aromatic heterocycles. The topological polar surface area (TPSA) is 116 Å². The molecule has 0 unspecified atom stereocenters. The normalized spacial score (nSPS) is 13.9. The van der Waals surface area contributed by atoms with Crippen molar-refractivity contribution in [3.05, 3.63) is 12.2 Å². The highest BCUT2D eigenvalue weighted by Gasteiger charge is 2.24. The SMILES string of the molecule is CCCCCCCCCCC/C=C/[C@@H](O)[C@H](COP(=O)(O)O)NC(=O)CCCCCCCCC. The molecule has 1 amide bonds. The van der Waals surface area contributed by atoms with Crippen LogP contribution in [0.25, 0.3) is 0 Å². The summed E-state index contributed by atoms with van der Waals surface area (Å²) in [5, 5.41) is 13.1. The summed E-state index contributed by atoms with van der Waals surface area (Å²) in [6.45, 7) is 3.96. The van der Waals surface area contributed by atoms with Crippen LogP contribution in [0.3, 0.4) is 0 Å². The molecule has 0 saturated carbocycles. The van der Waals surface area contributed by atoms with Gasteiger partial charge in [0, 0.05) is 6.42 Å². The van der Waals surface area contributed by atoms with Gasteiger partial charge < -0.3 is 20.2 Å². The van der Waals surface area contributed by atoms with Gasteiger partial charge in [0.25, 0.3) is 0 Å². The van der Waals surface area contributed by atoms with Crippen molar-refractivity contribution < 1.29 is 28.8 Å². The van der Waals surface area contributed by atoms with Gasteiger partial charge >= 0.3 is 7.82 Å². The molecule has 8 heteroatoms. The molecule has 0 radical (unpaired) electrons. The molecule has 2 atom stereocenters. The summed E-state index contributed by atoms with van der Waals surface area (Å²) in [5.74, 6) is -0.237. The zero-order chi connectivity index (χ0) is 25.5. The monoisotopic (exact) mass is 505 g/mol. The van der Waals surface area contributed by atoms with Crippen LogP contribution in [0.2, 0.25) is 0 Å². The second-order valence-electron chi connectivity index (χ2n) is 9.37. The summed E-state index contributed by atoms with van der Waals surface area (Å²) in [4.78, 5) is 30.3. The van der Waals surface area contributed by atoms with E-state index in [0.29, 0.717) is 6.42 Å². The smallest absolute Gasteiger partial charge is 0.387 e. The predicted molar refractivity (Wildman–Crippen MR) is 140 cm³/mol. The number of carbonyl (C=O) groups is 1. The van der Waals surface area contributed by atoms with Gasteiger partial charge in [0.15, 0.2) is 0 Å². The van der Waals surface area contributed by atoms with Gasteiger partial charge in [-0.15, -0.1) is 0 Å². The summed E-state index contributed by atoms with van der Waals surface area (Å²) in [7, 11) is -4.69. The molecular weight excluding hydrogens is 453 g/mol. The van der Waals surface area contributed by atoms with E-state index in [4.69, 9.17) is 9.79 Å². The molecule has 0 bridgehead atoms. The van der Waals surface area contributed by atoms with Crippen molar-refractivity contribution in [1.29, 1.82) is 0 Å². The van der Waals surface area contributed by atoms with Crippen molar-refractivity contribution in [3.63, 3.8) is 0 Å². The number of hydrogen-bond acceptors (Lipinski definition) is 4. The van der Waals surface area contributed by atoms with Gasteiger partial charge in [-0.1, -0.05) is 116 Å². The van der Waals surface area contributed by atoms with Crippen LogP contribution in [0, 0.1) is 0 Å². The molecule has 4 N–H and O–H groups in total. The van der Waals surface area contributed by atoms with E-state index in [1.807, 2.05) is 6.08 Å². The van der Waals surface area contributed by atoms with E-state index in [9.17, 15) is 14.5 Å². The molecule has 0 aliphatic carbocycles. The maximum Gasteiger partial charge on any atom is 0.469 e. The molecule has 0 aromatic carbocycles. The number of amides is 1. The van der Waals surface area contributed by atoms with Crippen molar-refractivity contribution in [1.82, 2.24) is 5.32 Å². The van der Waals surface area contributed by atoms with Gasteiger partial charge in [-0.25, -0.2) is 4.57 Å². The largest absolute Gasteiger partial charge is 0.469 e. The molecule has 202 valence electrons. The molecule has 0 aliphatic heterocycles. The van der Waals surface area contributed by atoms with Crippen LogP contribution in [0.1, 0.15) is 129 Å². The van der Waals surface area contributed by atoms with Crippen LogP contribution < -0.4 is 5.32 Å². The summed E-state index contributed by atoms with van der Waals surface area (Å²) in [6, 6.07) is -0.899. The third-order valence-corrected chi connectivity index (χ3v) is 6.48. The Morgan fingerprint density at radius 2 is 1.29 bits per heavy atom. The predicted octanol–water partition coefficient (Wildman–Crippen LogP) is 6.56. The second kappa shape index (κ2) is 22.7. The Bertz CT molecular complexity index is 551. The number of nitrogens with one attached hydrogen (secondary N) is 1. The van der Waals surface area contributed by atoms with Gasteiger partial charge in [-0.3, -0.25) is 9.32 Å². The van der Waals surface area contributed by atoms with E-state index in [2.05, 4.69) is 23.7 Å². The average molecular weight is 506 g/mol. The number of carbonyl (C=O) groups excluding carboxylic acids is 1. The molecular formula is C26H52NO6P. The molecule has 0 aliphatic rings. The Hall–Kier alpha value is -0.720. The zero-order valence-electron chi connectivity index (χ0n) is 21.8. The van der Waals surface area contributed by atoms with Crippen molar-refractivity contribution in [2.75, 3.05) is 6.61 Å². The van der Waals surface area contributed by atoms with E-state index in [0.717, 1.165) is 38.5 Å². The van der Waals surface area contributed by atoms with Crippen LogP contribution >= 0.6 is 7.82 Å². The maximum absolute atomic E-state index is 12.3. The lowest BCUT2D eigenvalue weighted by Crippen LogP contribution is -2.45. The highest BCUT2D eigenvalue weighted by molar-refractivity contribution is 7.46. The van der Waals surface area contributed by atoms with Crippen molar-refractivity contribution in [2.45, 2.75) is 142 Å². The van der Waals surface area contributed by atoms with Crippen molar-refractivity contribution >= 4 is 13.7 Å². The Morgan fingerprint density at radius 3 is 1.79 bits per heavy atom. The summed E-state index contributed by atoms with van der Waals surface area (Å²) in [5.41, 5.74) is 0. The van der Waals surface area contributed by atoms with E-state index in [-0.39, 0.29) is 5.91 Å². The number of phosphoric ester groups is 1. The van der Waals surface area contributed by atoms with Gasteiger partial charge in [0.1, 0.15) is 0 Å². The number of rotatable bonds is 24. The number of unbranched alkanes of at least 4 members (excludes halogenated alkanes) is 15. The summed E-state index contributed by atoms with van der Waals surface area (Å²) >= 11 is 0. The number of phosphoric acid groups is 1. The first-order chi connectivity index (χ1) is 16.3. The van der Waals surface area contributed by atoms with Gasteiger partial charge in [-0.2, -0.15) is 0 Å². The Labute approximate surface area is 208 Å². The third-order valence-electron chi connectivity index (χ3n) is 6.00. The van der Waals surface area contributed by atoms with E-state index in [1.165, 1.54) is 70.6 Å². The van der Waals surface area contributed by atoms with Crippen molar-refractivity contribution in [2.24, 2.45) is 0 Å². The molecule has 0 spiro atoms. The molecule has 0 heterocycles. The van der Waals surface area contributed by atoms with Crippen LogP contribution in [-0.4, -0.2) is 39.6 Å². The zero-order valence-corrected chi connectivity index (χ0v) is 22.7. The molecule has 7 nitrogen and oxygen atoms in total. The lowest BCUT2D eigenvalue weighted by molar-refractivity contribution is -0.123. The number of hydrogen-bond donors (Lipinski definition) is 4. The Morgan fingerprint density at radius 1 is 0.824 bits per heavy atom. The van der Waals surface area contributed by atoms with Crippen LogP contribution in [0.4, 0.5) is 0 Å². The molecule has 0 fully saturated rings. The highest BCUT2D eigenvalue weighted by atomic mass is 31.2. The first kappa shape index (κ1) is 33.3. The van der Waals surface area contributed by atoms with Crippen molar-refractivity contribution in [3.8, 4) is 0 Å². The Balaban J connectivity index is 4.24. The van der Waals surface area contributed by atoms with Crippen LogP contribution in [-0.2, 0) is 13.9 Å². The number of allylic oxidation sites excluding steroid dienone is 1. The third kappa shape index (κ3) is 23.0. The molecule has 0 aromatic rings. The fourth-order valence-corrected chi connectivity index (χ4v) is 4.22. The number of aliphatic hydroxyl groups is 1. The lowest BCUT2D eigenvalue weighted by Gasteiger charge is -2.22. The molecule has 0 saturated heterocycles. The van der Waals surface area contributed by atoms with Crippen LogP contribution in [0.5, 0.6) is 0 Å². The first-order valence-corrected chi connectivity index (χ1v) is 15.2. The standard InChI is InChI=1S/C26H52NO6P/c1-3-5-7-9-11-12-13-14-16-17-19-21-25(28)24(23-33-34(30,31)32)27-26(29)22-20-18-15-10-8-6-4-2/h19,21,24-25,28H,3-18,20,22-23H2,1-2H3,(H,27,29)(H2,30,31,32)/b21-19+/t24-,25+/m0/s1. The minimum atomic E-state index is -4.69. The lowest BCUT2D eigenvalue weighted by atomic mass is 10.1. The summed E-state index contributed by atoms with van der Waals surface area (Å²) < 4.78 is 15.6. The molecule has 34 heavy (non-hydrogen) atoms. The van der Waals surface area contributed by atoms with Gasteiger partial charge in [-0.05, 0) is 19.3 Å². The Kier molecular flexibility index (Phi) is 22.2. The maximum atomic E-state index is 12.3. The van der Waals surface area contributed by atoms with Gasteiger partial charge in [0.2, 0.25) is 5.91 Å². The van der Waals surface area contributed by atoms with Gasteiger partial charge in [0.05, 0.1) is 18.8 Å². The minimum absolute atomic E-state index is 0.237. The second-order valence-corrected chi connectivity index (χ2v) is 10.6. The van der Waals surface area contributed by atoms with Crippen LogP contribution in [0.15, 0.2) is 12.2 Å². The van der Waals surface area contributed by atoms with E-state index in [1.54, 1.807) is 6.08 Å². The fraction of sp³-hybridized carbons (Fsp3) is 0.885. The minimum Gasteiger partial charge on any atom is -0.387 e. The fourth-order valence-electron chi connectivity index (χ4n) is 3.87. The first-order valence-electron chi connectivity index (χ1n) is 13.6. The number of aliphatic hydroxyl groups excluding tert-OH is 1.